The molecule has 1 aliphatic carbocycles. The highest BCUT2D eigenvalue weighted by Gasteiger charge is 2.28. The molecule has 13 heavy (non-hydrogen) atoms. The zero-order chi connectivity index (χ0) is 9.26. The lowest BCUT2D eigenvalue weighted by Crippen LogP contribution is -2.22. The fourth-order valence-corrected chi connectivity index (χ4v) is 2.63. The zero-order valence-corrected chi connectivity index (χ0v) is 9.07. The molecule has 0 saturated heterocycles. The number of halogens is 1. The third-order valence-electron chi connectivity index (χ3n) is 2.86. The van der Waals surface area contributed by atoms with Crippen LogP contribution in [0.2, 0.25) is 0 Å². The van der Waals surface area contributed by atoms with Crippen molar-refractivity contribution in [1.82, 2.24) is 9.78 Å². The van der Waals surface area contributed by atoms with Crippen molar-refractivity contribution in [2.45, 2.75) is 25.3 Å². The lowest BCUT2D eigenvalue weighted by atomic mass is 10.0. The molecule has 1 aliphatic rings. The van der Waals surface area contributed by atoms with Gasteiger partial charge >= 0.3 is 0 Å². The minimum Gasteiger partial charge on any atom is -0.330 e. The Labute approximate surface area is 86.4 Å². The van der Waals surface area contributed by atoms with Crippen molar-refractivity contribution in [3.05, 3.63) is 16.9 Å². The maximum atomic E-state index is 5.72. The molecule has 0 bridgehead atoms. The second-order valence-corrected chi connectivity index (χ2v) is 4.41. The van der Waals surface area contributed by atoms with Gasteiger partial charge in [0.25, 0.3) is 0 Å². The van der Waals surface area contributed by atoms with Gasteiger partial charge in [0.05, 0.1) is 12.2 Å². The van der Waals surface area contributed by atoms with E-state index < -0.39 is 0 Å². The Morgan fingerprint density at radius 3 is 3.08 bits per heavy atom. The first-order valence-corrected chi connectivity index (χ1v) is 5.51. The lowest BCUT2D eigenvalue weighted by molar-refractivity contribution is 0.353. The number of hydrogen-bond acceptors (Lipinski definition) is 2. The van der Waals surface area contributed by atoms with E-state index in [1.807, 2.05) is 12.3 Å². The Hall–Kier alpha value is -0.350. The second-order valence-electron chi connectivity index (χ2n) is 3.59. The molecule has 4 heteroatoms. The van der Waals surface area contributed by atoms with Crippen molar-refractivity contribution in [3.8, 4) is 0 Å². The van der Waals surface area contributed by atoms with Gasteiger partial charge in [-0.1, -0.05) is 6.42 Å². The smallest absolute Gasteiger partial charge is 0.104 e. The molecule has 2 rings (SSSR count). The summed E-state index contributed by atoms with van der Waals surface area (Å²) < 4.78 is 3.13. The molecule has 0 radical (unpaired) electrons. The summed E-state index contributed by atoms with van der Waals surface area (Å²) in [5.41, 5.74) is 5.72. The highest BCUT2D eigenvalue weighted by atomic mass is 79.9. The fraction of sp³-hybridized carbons (Fsp3) is 0.667. The highest BCUT2D eigenvalue weighted by Crippen LogP contribution is 2.36. The van der Waals surface area contributed by atoms with Crippen molar-refractivity contribution >= 4 is 15.9 Å². The molecule has 1 heterocycles. The van der Waals surface area contributed by atoms with Crippen molar-refractivity contribution in [2.75, 3.05) is 6.54 Å². The Morgan fingerprint density at radius 1 is 1.62 bits per heavy atom. The maximum absolute atomic E-state index is 5.72. The van der Waals surface area contributed by atoms with Gasteiger partial charge in [-0.3, -0.25) is 4.68 Å². The van der Waals surface area contributed by atoms with Gasteiger partial charge in [-0.15, -0.1) is 0 Å². The summed E-state index contributed by atoms with van der Waals surface area (Å²) in [7, 11) is 0. The van der Waals surface area contributed by atoms with E-state index >= 15 is 0 Å². The minimum atomic E-state index is 0.509. The number of nitrogens with zero attached hydrogens (tertiary/aromatic N) is 2. The first-order chi connectivity index (χ1) is 6.33. The average Bonchev–Trinajstić information content (AvgIpc) is 2.71. The van der Waals surface area contributed by atoms with Crippen LogP contribution >= 0.6 is 15.9 Å². The van der Waals surface area contributed by atoms with Crippen molar-refractivity contribution in [1.29, 1.82) is 0 Å². The van der Waals surface area contributed by atoms with Crippen molar-refractivity contribution in [2.24, 2.45) is 11.7 Å². The molecule has 0 spiro atoms. The van der Waals surface area contributed by atoms with Gasteiger partial charge in [-0.05, 0) is 47.3 Å². The van der Waals surface area contributed by atoms with Crippen LogP contribution in [-0.4, -0.2) is 16.3 Å². The molecular weight excluding hydrogens is 230 g/mol. The molecule has 1 aromatic heterocycles. The van der Waals surface area contributed by atoms with E-state index in [-0.39, 0.29) is 0 Å². The monoisotopic (exact) mass is 243 g/mol. The Kier molecular flexibility index (Phi) is 2.69. The van der Waals surface area contributed by atoms with Crippen LogP contribution in [0.3, 0.4) is 0 Å². The molecule has 72 valence electrons. The largest absolute Gasteiger partial charge is 0.330 e. The molecule has 0 amide bonds. The van der Waals surface area contributed by atoms with E-state index in [1.165, 1.54) is 19.3 Å². The van der Waals surface area contributed by atoms with Crippen molar-refractivity contribution < 1.29 is 0 Å². The fourth-order valence-electron chi connectivity index (χ4n) is 2.16. The van der Waals surface area contributed by atoms with E-state index in [9.17, 15) is 0 Å². The summed E-state index contributed by atoms with van der Waals surface area (Å²) in [6, 6.07) is 2.49. The molecule has 2 atom stereocenters. The van der Waals surface area contributed by atoms with Gasteiger partial charge in [0.2, 0.25) is 0 Å². The molecule has 1 fully saturated rings. The molecule has 2 N–H and O–H groups in total. The topological polar surface area (TPSA) is 43.8 Å². The van der Waals surface area contributed by atoms with E-state index in [0.29, 0.717) is 12.0 Å². The van der Waals surface area contributed by atoms with E-state index in [4.69, 9.17) is 5.73 Å². The van der Waals surface area contributed by atoms with E-state index in [2.05, 4.69) is 25.7 Å². The number of hydrogen-bond donors (Lipinski definition) is 1. The first kappa shape index (κ1) is 9.21. The third-order valence-corrected chi connectivity index (χ3v) is 3.49. The predicted octanol–water partition coefficient (Wildman–Crippen LogP) is 1.95. The highest BCUT2D eigenvalue weighted by molar-refractivity contribution is 9.10. The van der Waals surface area contributed by atoms with Crippen LogP contribution in [0.4, 0.5) is 0 Å². The van der Waals surface area contributed by atoms with Crippen molar-refractivity contribution in [3.63, 3.8) is 0 Å². The van der Waals surface area contributed by atoms with Crippen LogP contribution < -0.4 is 5.73 Å². The van der Waals surface area contributed by atoms with E-state index in [1.54, 1.807) is 0 Å². The van der Waals surface area contributed by atoms with Crippen LogP contribution in [0.1, 0.15) is 25.3 Å². The first-order valence-electron chi connectivity index (χ1n) is 4.72. The van der Waals surface area contributed by atoms with Crippen LogP contribution in [0.15, 0.2) is 16.9 Å². The third kappa shape index (κ3) is 1.65. The lowest BCUT2D eigenvalue weighted by Gasteiger charge is -2.19. The Morgan fingerprint density at radius 2 is 2.46 bits per heavy atom. The Balaban J connectivity index is 2.20. The number of aromatic nitrogens is 2. The van der Waals surface area contributed by atoms with Crippen LogP contribution in [0.5, 0.6) is 0 Å². The summed E-state index contributed by atoms with van der Waals surface area (Å²) >= 11 is 3.49. The van der Waals surface area contributed by atoms with Gasteiger partial charge in [-0.2, -0.15) is 5.10 Å². The molecule has 2 unspecified atom stereocenters. The molecule has 0 aromatic carbocycles. The number of nitrogens with two attached hydrogens (primary N) is 1. The Bertz CT molecular complexity index is 284. The van der Waals surface area contributed by atoms with Gasteiger partial charge in [-0.25, -0.2) is 0 Å². The average molecular weight is 244 g/mol. The summed E-state index contributed by atoms with van der Waals surface area (Å²) in [4.78, 5) is 0. The molecule has 0 aliphatic heterocycles. The van der Waals surface area contributed by atoms with E-state index in [0.717, 1.165) is 11.1 Å². The summed E-state index contributed by atoms with van der Waals surface area (Å²) in [6.07, 6.45) is 5.56. The maximum Gasteiger partial charge on any atom is 0.104 e. The summed E-state index contributed by atoms with van der Waals surface area (Å²) in [5.74, 6) is 0.608. The quantitative estimate of drug-likeness (QED) is 0.864. The standard InChI is InChI=1S/C9H14BrN3/c10-9-4-5-12-13(9)8-3-1-2-7(8)6-11/h4-5,7-8H,1-3,6,11H2. The molecule has 1 saturated carbocycles. The van der Waals surface area contributed by atoms with Gasteiger partial charge in [0.15, 0.2) is 0 Å². The summed E-state index contributed by atoms with van der Waals surface area (Å²) in [6.45, 7) is 0.775. The van der Waals surface area contributed by atoms with Gasteiger partial charge < -0.3 is 5.73 Å². The number of rotatable bonds is 2. The normalized spacial score (nSPS) is 28.2. The molecule has 3 nitrogen and oxygen atoms in total. The molecule has 1 aromatic rings. The second kappa shape index (κ2) is 3.80. The molecular formula is C9H14BrN3. The van der Waals surface area contributed by atoms with Crippen LogP contribution in [0, 0.1) is 5.92 Å². The van der Waals surface area contributed by atoms with Crippen LogP contribution in [0.25, 0.3) is 0 Å². The van der Waals surface area contributed by atoms with Gasteiger partial charge in [0, 0.05) is 0 Å². The van der Waals surface area contributed by atoms with Gasteiger partial charge in [0.1, 0.15) is 4.60 Å². The van der Waals surface area contributed by atoms with Crippen LogP contribution in [-0.2, 0) is 0 Å². The SMILES string of the molecule is NCC1CCCC1n1nccc1Br. The minimum absolute atomic E-state index is 0.509. The predicted molar refractivity (Wildman–Crippen MR) is 55.4 cm³/mol. The summed E-state index contributed by atoms with van der Waals surface area (Å²) in [5, 5.41) is 4.31. The zero-order valence-electron chi connectivity index (χ0n) is 7.49.